The van der Waals surface area contributed by atoms with Crippen molar-refractivity contribution in [1.29, 1.82) is 0 Å². The van der Waals surface area contributed by atoms with Crippen molar-refractivity contribution in [2.75, 3.05) is 18.0 Å². The summed E-state index contributed by atoms with van der Waals surface area (Å²) in [5.74, 6) is 0.593. The molecular formula is C17H25N5O. The van der Waals surface area contributed by atoms with Crippen LogP contribution in [0.2, 0.25) is 0 Å². The van der Waals surface area contributed by atoms with E-state index in [0.29, 0.717) is 18.4 Å². The van der Waals surface area contributed by atoms with E-state index in [1.54, 1.807) is 17.0 Å². The highest BCUT2D eigenvalue weighted by Crippen LogP contribution is 2.15. The highest BCUT2D eigenvalue weighted by atomic mass is 16.1. The van der Waals surface area contributed by atoms with E-state index in [2.05, 4.69) is 38.2 Å². The molecule has 6 nitrogen and oxygen atoms in total. The Morgan fingerprint density at radius 3 is 2.74 bits per heavy atom. The van der Waals surface area contributed by atoms with Crippen LogP contribution in [0.5, 0.6) is 0 Å². The summed E-state index contributed by atoms with van der Waals surface area (Å²) in [6.45, 7) is 5.32. The summed E-state index contributed by atoms with van der Waals surface area (Å²) in [7, 11) is 2.04. The van der Waals surface area contributed by atoms with Crippen molar-refractivity contribution in [2.24, 2.45) is 7.05 Å². The van der Waals surface area contributed by atoms with Crippen LogP contribution < -0.4 is 15.8 Å². The van der Waals surface area contributed by atoms with E-state index in [9.17, 15) is 4.79 Å². The van der Waals surface area contributed by atoms with Crippen LogP contribution in [0, 0.1) is 0 Å². The molecule has 1 aliphatic rings. The maximum Gasteiger partial charge on any atom is 0.293 e. The average molecular weight is 315 g/mol. The standard InChI is InChI=1S/C17H25N5O/c1-3-21-11-7-18-16(17(21)23)22-9-5-15(6-10-22)19-12-14-4-8-20(2)13-14/h4,7-8,11,13,15,19H,3,5-6,9-10,12H2,1-2H3. The molecule has 1 fully saturated rings. The van der Waals surface area contributed by atoms with E-state index >= 15 is 0 Å². The molecule has 0 radical (unpaired) electrons. The van der Waals surface area contributed by atoms with Gasteiger partial charge in [0, 0.05) is 64.1 Å². The van der Waals surface area contributed by atoms with Gasteiger partial charge in [-0.05, 0) is 31.4 Å². The molecule has 0 bridgehead atoms. The van der Waals surface area contributed by atoms with Crippen LogP contribution in [0.1, 0.15) is 25.3 Å². The van der Waals surface area contributed by atoms with E-state index in [0.717, 1.165) is 32.5 Å². The molecule has 1 N–H and O–H groups in total. The summed E-state index contributed by atoms with van der Waals surface area (Å²) in [6.07, 6.45) is 9.76. The monoisotopic (exact) mass is 315 g/mol. The van der Waals surface area contributed by atoms with Gasteiger partial charge < -0.3 is 19.4 Å². The molecule has 0 unspecified atom stereocenters. The quantitative estimate of drug-likeness (QED) is 0.905. The maximum atomic E-state index is 12.3. The lowest BCUT2D eigenvalue weighted by Gasteiger charge is -2.32. The van der Waals surface area contributed by atoms with Crippen molar-refractivity contribution in [3.05, 3.63) is 46.8 Å². The maximum absolute atomic E-state index is 12.3. The minimum atomic E-state index is 0.0192. The largest absolute Gasteiger partial charge is 0.357 e. The van der Waals surface area contributed by atoms with Crippen molar-refractivity contribution < 1.29 is 0 Å². The molecule has 0 aliphatic carbocycles. The minimum absolute atomic E-state index is 0.0192. The van der Waals surface area contributed by atoms with E-state index < -0.39 is 0 Å². The zero-order valence-corrected chi connectivity index (χ0v) is 13.9. The predicted octanol–water partition coefficient (Wildman–Crippen LogP) is 1.36. The normalized spacial score (nSPS) is 16.0. The summed E-state index contributed by atoms with van der Waals surface area (Å²) >= 11 is 0. The molecule has 0 saturated carbocycles. The number of hydrogen-bond acceptors (Lipinski definition) is 4. The van der Waals surface area contributed by atoms with Crippen LogP contribution in [0.3, 0.4) is 0 Å². The van der Waals surface area contributed by atoms with E-state index in [1.807, 2.05) is 14.0 Å². The Labute approximate surface area is 136 Å². The molecule has 0 spiro atoms. The van der Waals surface area contributed by atoms with Crippen LogP contribution >= 0.6 is 0 Å². The Bertz CT molecular complexity index is 697. The molecular weight excluding hydrogens is 290 g/mol. The van der Waals surface area contributed by atoms with Gasteiger partial charge in [0.25, 0.3) is 5.56 Å². The lowest BCUT2D eigenvalue weighted by Crippen LogP contribution is -2.44. The molecule has 0 amide bonds. The summed E-state index contributed by atoms with van der Waals surface area (Å²) < 4.78 is 3.78. The van der Waals surface area contributed by atoms with Gasteiger partial charge in [-0.25, -0.2) is 4.98 Å². The van der Waals surface area contributed by atoms with E-state index in [4.69, 9.17) is 0 Å². The third-order valence-corrected chi connectivity index (χ3v) is 4.52. The molecule has 23 heavy (non-hydrogen) atoms. The second-order valence-corrected chi connectivity index (χ2v) is 6.17. The number of rotatable bonds is 5. The van der Waals surface area contributed by atoms with Crippen molar-refractivity contribution in [3.8, 4) is 0 Å². The molecule has 1 aliphatic heterocycles. The second-order valence-electron chi connectivity index (χ2n) is 6.17. The van der Waals surface area contributed by atoms with Gasteiger partial charge in [0.05, 0.1) is 0 Å². The number of hydrogen-bond donors (Lipinski definition) is 1. The van der Waals surface area contributed by atoms with Gasteiger partial charge in [0.15, 0.2) is 5.82 Å². The van der Waals surface area contributed by atoms with Gasteiger partial charge in [-0.3, -0.25) is 4.79 Å². The van der Waals surface area contributed by atoms with Crippen molar-refractivity contribution in [3.63, 3.8) is 0 Å². The van der Waals surface area contributed by atoms with Crippen LogP contribution in [0.4, 0.5) is 5.82 Å². The first kappa shape index (κ1) is 15.8. The summed E-state index contributed by atoms with van der Waals surface area (Å²) in [5.41, 5.74) is 1.33. The predicted molar refractivity (Wildman–Crippen MR) is 91.7 cm³/mol. The number of nitrogens with zero attached hydrogens (tertiary/aromatic N) is 4. The third kappa shape index (κ3) is 3.64. The molecule has 2 aromatic heterocycles. The van der Waals surface area contributed by atoms with Gasteiger partial charge in [-0.1, -0.05) is 0 Å². The lowest BCUT2D eigenvalue weighted by atomic mass is 10.0. The van der Waals surface area contributed by atoms with Gasteiger partial charge in [-0.15, -0.1) is 0 Å². The van der Waals surface area contributed by atoms with Gasteiger partial charge in [-0.2, -0.15) is 0 Å². The van der Waals surface area contributed by atoms with Gasteiger partial charge >= 0.3 is 0 Å². The number of aryl methyl sites for hydroxylation is 2. The molecule has 124 valence electrons. The number of aromatic nitrogens is 3. The SMILES string of the molecule is CCn1ccnc(N2CCC(NCc3ccn(C)c3)CC2)c1=O. The molecule has 0 atom stereocenters. The molecule has 3 heterocycles. The second kappa shape index (κ2) is 7.00. The highest BCUT2D eigenvalue weighted by Gasteiger charge is 2.22. The van der Waals surface area contributed by atoms with Crippen molar-refractivity contribution in [2.45, 2.75) is 38.9 Å². The van der Waals surface area contributed by atoms with Gasteiger partial charge in [0.1, 0.15) is 0 Å². The van der Waals surface area contributed by atoms with Crippen LogP contribution in [-0.4, -0.2) is 33.2 Å². The fraction of sp³-hybridized carbons (Fsp3) is 0.529. The Hall–Kier alpha value is -2.08. The van der Waals surface area contributed by atoms with Crippen molar-refractivity contribution >= 4 is 5.82 Å². The first-order valence-electron chi connectivity index (χ1n) is 8.32. The Morgan fingerprint density at radius 1 is 1.30 bits per heavy atom. The zero-order chi connectivity index (χ0) is 16.2. The highest BCUT2D eigenvalue weighted by molar-refractivity contribution is 5.36. The Kier molecular flexibility index (Phi) is 4.81. The topological polar surface area (TPSA) is 55.1 Å². The van der Waals surface area contributed by atoms with Crippen LogP contribution in [-0.2, 0) is 20.1 Å². The first-order valence-corrected chi connectivity index (χ1v) is 8.32. The van der Waals surface area contributed by atoms with Crippen LogP contribution in [0.15, 0.2) is 35.6 Å². The van der Waals surface area contributed by atoms with E-state index in [1.165, 1.54) is 5.56 Å². The number of nitrogens with one attached hydrogen (secondary N) is 1. The third-order valence-electron chi connectivity index (χ3n) is 4.52. The molecule has 0 aromatic carbocycles. The zero-order valence-electron chi connectivity index (χ0n) is 13.9. The summed E-state index contributed by atoms with van der Waals surface area (Å²) in [5, 5.41) is 3.62. The smallest absolute Gasteiger partial charge is 0.293 e. The van der Waals surface area contributed by atoms with Crippen molar-refractivity contribution in [1.82, 2.24) is 19.4 Å². The molecule has 1 saturated heterocycles. The summed E-state index contributed by atoms with van der Waals surface area (Å²) in [4.78, 5) is 18.8. The van der Waals surface area contributed by atoms with E-state index in [-0.39, 0.29) is 5.56 Å². The molecule has 6 heteroatoms. The van der Waals surface area contributed by atoms with Crippen LogP contribution in [0.25, 0.3) is 0 Å². The minimum Gasteiger partial charge on any atom is -0.357 e. The average Bonchev–Trinajstić information content (AvgIpc) is 2.99. The number of anilines is 1. The molecule has 3 rings (SSSR count). The first-order chi connectivity index (χ1) is 11.2. The fourth-order valence-electron chi connectivity index (χ4n) is 3.12. The molecule has 2 aromatic rings. The summed E-state index contributed by atoms with van der Waals surface area (Å²) in [6, 6.07) is 2.65. The fourth-order valence-corrected chi connectivity index (χ4v) is 3.12. The van der Waals surface area contributed by atoms with Gasteiger partial charge in [0.2, 0.25) is 0 Å². The Balaban J connectivity index is 1.55. The number of piperidine rings is 1. The lowest BCUT2D eigenvalue weighted by molar-refractivity contribution is 0.411. The Morgan fingerprint density at radius 2 is 2.09 bits per heavy atom.